The van der Waals surface area contributed by atoms with Gasteiger partial charge in [0, 0.05) is 0 Å². The molecule has 0 fully saturated rings. The summed E-state index contributed by atoms with van der Waals surface area (Å²) in [6, 6.07) is 1.83. The minimum atomic E-state index is -3.77. The first-order valence-corrected chi connectivity index (χ1v) is 7.44. The molecule has 0 aliphatic carbocycles. The number of nitrogens with one attached hydrogen (secondary N) is 2. The van der Waals surface area contributed by atoms with Gasteiger partial charge >= 0.3 is 0 Å². The quantitative estimate of drug-likeness (QED) is 0.897. The van der Waals surface area contributed by atoms with Gasteiger partial charge < -0.3 is 0 Å². The Morgan fingerprint density at radius 1 is 1.30 bits per heavy atom. The fraction of sp³-hybridized carbons (Fsp3) is 0.333. The lowest BCUT2D eigenvalue weighted by atomic mass is 10.1. The molecule has 0 bridgehead atoms. The first-order chi connectivity index (χ1) is 9.31. The number of benzene rings is 1. The number of rotatable bonds is 4. The Bertz CT molecular complexity index is 690. The molecule has 20 heavy (non-hydrogen) atoms. The molecule has 8 heteroatoms. The largest absolute Gasteiger partial charge is 0.262 e. The predicted molar refractivity (Wildman–Crippen MR) is 71.0 cm³/mol. The third kappa shape index (κ3) is 2.86. The van der Waals surface area contributed by atoms with Gasteiger partial charge in [0.1, 0.15) is 18.0 Å². The number of hydrogen-bond donors (Lipinski definition) is 2. The summed E-state index contributed by atoms with van der Waals surface area (Å²) >= 11 is 0. The zero-order valence-electron chi connectivity index (χ0n) is 11.3. The number of H-pyrrole nitrogens is 1. The normalized spacial score (nSPS) is 13.4. The minimum Gasteiger partial charge on any atom is -0.262 e. The molecule has 0 saturated carbocycles. The molecular formula is C12H15FN4O2S. The number of nitrogens with zero attached hydrogens (tertiary/aromatic N) is 2. The van der Waals surface area contributed by atoms with Crippen molar-refractivity contribution >= 4 is 10.0 Å². The molecule has 0 amide bonds. The van der Waals surface area contributed by atoms with Crippen molar-refractivity contribution in [2.45, 2.75) is 31.7 Å². The Morgan fingerprint density at radius 2 is 1.90 bits per heavy atom. The van der Waals surface area contributed by atoms with Crippen molar-refractivity contribution in [2.75, 3.05) is 0 Å². The monoisotopic (exact) mass is 298 g/mol. The van der Waals surface area contributed by atoms with E-state index in [1.165, 1.54) is 18.5 Å². The first kappa shape index (κ1) is 14.6. The van der Waals surface area contributed by atoms with E-state index in [0.29, 0.717) is 17.0 Å². The Balaban J connectivity index is 2.37. The Labute approximate surface area is 116 Å². The molecular weight excluding hydrogens is 283 g/mol. The van der Waals surface area contributed by atoms with E-state index in [2.05, 4.69) is 19.9 Å². The van der Waals surface area contributed by atoms with Gasteiger partial charge in [0.2, 0.25) is 10.0 Å². The van der Waals surface area contributed by atoms with Crippen LogP contribution in [0.15, 0.2) is 23.4 Å². The fourth-order valence-corrected chi connectivity index (χ4v) is 3.75. The van der Waals surface area contributed by atoms with Gasteiger partial charge in [-0.3, -0.25) is 5.10 Å². The molecule has 2 N–H and O–H groups in total. The minimum absolute atomic E-state index is 0.0882. The van der Waals surface area contributed by atoms with Crippen molar-refractivity contribution < 1.29 is 12.8 Å². The summed E-state index contributed by atoms with van der Waals surface area (Å²) in [4.78, 5) is 3.99. The molecule has 0 aliphatic heterocycles. The van der Waals surface area contributed by atoms with Gasteiger partial charge in [-0.05, 0) is 44.0 Å². The number of hydrogen-bond acceptors (Lipinski definition) is 4. The van der Waals surface area contributed by atoms with Crippen molar-refractivity contribution in [3.8, 4) is 0 Å². The molecule has 1 aromatic heterocycles. The topological polar surface area (TPSA) is 87.7 Å². The van der Waals surface area contributed by atoms with E-state index < -0.39 is 21.9 Å². The van der Waals surface area contributed by atoms with Crippen LogP contribution in [0, 0.1) is 19.7 Å². The van der Waals surface area contributed by atoms with E-state index in [1.54, 1.807) is 20.8 Å². The summed E-state index contributed by atoms with van der Waals surface area (Å²) in [5.74, 6) is -0.0479. The van der Waals surface area contributed by atoms with Crippen molar-refractivity contribution in [1.29, 1.82) is 0 Å². The number of aryl methyl sites for hydroxylation is 2. The summed E-state index contributed by atoms with van der Waals surface area (Å²) in [6.07, 6.45) is 1.30. The molecule has 108 valence electrons. The molecule has 0 radical (unpaired) electrons. The van der Waals surface area contributed by atoms with Crippen LogP contribution in [0.5, 0.6) is 0 Å². The highest BCUT2D eigenvalue weighted by atomic mass is 32.2. The molecule has 0 saturated heterocycles. The average Bonchev–Trinajstić information content (AvgIpc) is 2.78. The van der Waals surface area contributed by atoms with E-state index >= 15 is 0 Å². The summed E-state index contributed by atoms with van der Waals surface area (Å²) in [5.41, 5.74) is 0.722. The van der Waals surface area contributed by atoms with Crippen molar-refractivity contribution in [3.05, 3.63) is 41.2 Å². The molecule has 1 aromatic carbocycles. The third-order valence-corrected chi connectivity index (χ3v) is 4.71. The highest BCUT2D eigenvalue weighted by Crippen LogP contribution is 2.22. The first-order valence-electron chi connectivity index (χ1n) is 5.95. The van der Waals surface area contributed by atoms with Crippen LogP contribution < -0.4 is 4.72 Å². The van der Waals surface area contributed by atoms with Crippen LogP contribution in [-0.4, -0.2) is 23.6 Å². The molecule has 1 unspecified atom stereocenters. The third-order valence-electron chi connectivity index (χ3n) is 2.87. The smallest absolute Gasteiger partial charge is 0.241 e. The van der Waals surface area contributed by atoms with Crippen LogP contribution >= 0.6 is 0 Å². The van der Waals surface area contributed by atoms with Gasteiger partial charge in [-0.15, -0.1) is 0 Å². The summed E-state index contributed by atoms with van der Waals surface area (Å²) in [5, 5.41) is 6.27. The summed E-state index contributed by atoms with van der Waals surface area (Å²) in [6.45, 7) is 4.76. The molecule has 1 atom stereocenters. The second kappa shape index (κ2) is 5.29. The van der Waals surface area contributed by atoms with Crippen molar-refractivity contribution in [2.24, 2.45) is 0 Å². The van der Waals surface area contributed by atoms with Crippen LogP contribution in [0.3, 0.4) is 0 Å². The summed E-state index contributed by atoms with van der Waals surface area (Å²) in [7, 11) is -3.77. The number of aromatic amines is 1. The second-order valence-corrected chi connectivity index (χ2v) is 6.23. The van der Waals surface area contributed by atoms with Gasteiger partial charge in [0.15, 0.2) is 0 Å². The number of aromatic nitrogens is 3. The lowest BCUT2D eigenvalue weighted by Crippen LogP contribution is -2.28. The van der Waals surface area contributed by atoms with Crippen LogP contribution in [0.4, 0.5) is 4.39 Å². The Hall–Kier alpha value is -1.80. The highest BCUT2D eigenvalue weighted by molar-refractivity contribution is 7.89. The van der Waals surface area contributed by atoms with E-state index in [4.69, 9.17) is 0 Å². The average molecular weight is 298 g/mol. The van der Waals surface area contributed by atoms with Crippen LogP contribution in [-0.2, 0) is 10.0 Å². The Kier molecular flexibility index (Phi) is 3.87. The lowest BCUT2D eigenvalue weighted by Gasteiger charge is -2.15. The maximum absolute atomic E-state index is 13.2. The van der Waals surface area contributed by atoms with Crippen LogP contribution in [0.2, 0.25) is 0 Å². The summed E-state index contributed by atoms with van der Waals surface area (Å²) < 4.78 is 40.5. The van der Waals surface area contributed by atoms with Gasteiger partial charge in [0.25, 0.3) is 0 Å². The van der Waals surface area contributed by atoms with Crippen molar-refractivity contribution in [1.82, 2.24) is 19.9 Å². The molecule has 0 aliphatic rings. The van der Waals surface area contributed by atoms with Gasteiger partial charge in [0.05, 0.1) is 10.9 Å². The zero-order valence-corrected chi connectivity index (χ0v) is 12.1. The maximum atomic E-state index is 13.2. The molecule has 2 aromatic rings. The molecule has 0 spiro atoms. The van der Waals surface area contributed by atoms with Gasteiger partial charge in [-0.1, -0.05) is 0 Å². The van der Waals surface area contributed by atoms with Crippen molar-refractivity contribution in [3.63, 3.8) is 0 Å². The lowest BCUT2D eigenvalue weighted by molar-refractivity contribution is 0.558. The number of halogens is 1. The van der Waals surface area contributed by atoms with Crippen LogP contribution in [0.25, 0.3) is 0 Å². The van der Waals surface area contributed by atoms with E-state index in [9.17, 15) is 12.8 Å². The number of sulfonamides is 1. The maximum Gasteiger partial charge on any atom is 0.241 e. The van der Waals surface area contributed by atoms with E-state index in [1.807, 2.05) is 0 Å². The predicted octanol–water partition coefficient (Wildman–Crippen LogP) is 1.60. The van der Waals surface area contributed by atoms with Crippen LogP contribution in [0.1, 0.15) is 29.9 Å². The zero-order chi connectivity index (χ0) is 14.9. The fourth-order valence-electron chi connectivity index (χ4n) is 2.09. The van der Waals surface area contributed by atoms with E-state index in [-0.39, 0.29) is 4.90 Å². The molecule has 6 nitrogen and oxygen atoms in total. The molecule has 2 rings (SSSR count). The second-order valence-electron chi connectivity index (χ2n) is 4.58. The van der Waals surface area contributed by atoms with Gasteiger partial charge in [-0.25, -0.2) is 22.5 Å². The SMILES string of the molecule is Cc1cc(F)cc(C)c1S(=O)(=O)NC(C)c1ncn[nH]1. The highest BCUT2D eigenvalue weighted by Gasteiger charge is 2.24. The van der Waals surface area contributed by atoms with Gasteiger partial charge in [-0.2, -0.15) is 5.10 Å². The van der Waals surface area contributed by atoms with E-state index in [0.717, 1.165) is 0 Å². The standard InChI is InChI=1S/C12H15FN4O2S/c1-7-4-10(13)5-8(2)11(7)20(18,19)17-9(3)12-14-6-15-16-12/h4-6,9,17H,1-3H3,(H,14,15,16). The molecule has 1 heterocycles. The Morgan fingerprint density at radius 3 is 2.40 bits per heavy atom.